The Balaban J connectivity index is 2.24. The largest absolute Gasteiger partial charge is 0.471 e. The van der Waals surface area contributed by atoms with Gasteiger partial charge in [-0.3, -0.25) is 4.79 Å². The maximum atomic E-state index is 14.0. The fourth-order valence-electron chi connectivity index (χ4n) is 1.86. The summed E-state index contributed by atoms with van der Waals surface area (Å²) in [6.45, 7) is 1.54. The number of carbonyl (C=O) groups excluding carboxylic acids is 1. The third kappa shape index (κ3) is 3.87. The van der Waals surface area contributed by atoms with Crippen LogP contribution in [0.4, 0.5) is 22.0 Å². The fraction of sp³-hybridized carbons (Fsp3) is 0.357. The van der Waals surface area contributed by atoms with Crippen molar-refractivity contribution in [3.63, 3.8) is 0 Å². The highest BCUT2D eigenvalue weighted by atomic mass is 19.4. The van der Waals surface area contributed by atoms with Crippen molar-refractivity contribution in [3.05, 3.63) is 35.2 Å². The van der Waals surface area contributed by atoms with Crippen LogP contribution < -0.4 is 5.32 Å². The molecule has 0 bridgehead atoms. The summed E-state index contributed by atoms with van der Waals surface area (Å²) in [5.74, 6) is -5.43. The summed E-state index contributed by atoms with van der Waals surface area (Å²) in [6.07, 6.45) is -4.05. The monoisotopic (exact) mass is 349 g/mol. The molecule has 0 atom stereocenters. The van der Waals surface area contributed by atoms with E-state index in [2.05, 4.69) is 20.0 Å². The van der Waals surface area contributed by atoms with Crippen molar-refractivity contribution in [1.82, 2.24) is 15.5 Å². The van der Waals surface area contributed by atoms with Crippen LogP contribution in [0.1, 0.15) is 31.2 Å². The molecule has 2 rings (SSSR count). The molecule has 1 heterocycles. The van der Waals surface area contributed by atoms with Gasteiger partial charge in [0.2, 0.25) is 11.7 Å². The molecular formula is C14H12F5N3O2. The van der Waals surface area contributed by atoms with E-state index in [0.717, 1.165) is 12.1 Å². The average Bonchev–Trinajstić information content (AvgIpc) is 2.99. The second kappa shape index (κ2) is 6.93. The minimum absolute atomic E-state index is 0.153. The number of carbonyl (C=O) groups is 1. The van der Waals surface area contributed by atoms with Crippen LogP contribution in [0.25, 0.3) is 11.4 Å². The molecule has 24 heavy (non-hydrogen) atoms. The number of nitrogens with zero attached hydrogens (tertiary/aromatic N) is 2. The fourth-order valence-corrected chi connectivity index (χ4v) is 1.86. The Morgan fingerprint density at radius 1 is 1.25 bits per heavy atom. The van der Waals surface area contributed by atoms with E-state index >= 15 is 0 Å². The molecule has 10 heteroatoms. The smallest absolute Gasteiger partial charge is 0.352 e. The van der Waals surface area contributed by atoms with Gasteiger partial charge in [0.25, 0.3) is 0 Å². The van der Waals surface area contributed by atoms with E-state index in [9.17, 15) is 26.7 Å². The first-order chi connectivity index (χ1) is 11.2. The highest BCUT2D eigenvalue weighted by Gasteiger charge is 2.38. The Kier molecular flexibility index (Phi) is 5.15. The summed E-state index contributed by atoms with van der Waals surface area (Å²) in [5.41, 5.74) is -0.726. The Labute approximate surface area is 132 Å². The summed E-state index contributed by atoms with van der Waals surface area (Å²) < 4.78 is 69.2. The molecule has 0 radical (unpaired) electrons. The summed E-state index contributed by atoms with van der Waals surface area (Å²) in [7, 11) is 0. The second-order valence-corrected chi connectivity index (χ2v) is 4.85. The lowest BCUT2D eigenvalue weighted by molar-refractivity contribution is -0.159. The number of nitrogens with one attached hydrogen (secondary N) is 1. The first kappa shape index (κ1) is 17.8. The number of benzene rings is 1. The number of amides is 1. The van der Waals surface area contributed by atoms with E-state index in [1.165, 1.54) is 0 Å². The summed E-state index contributed by atoms with van der Waals surface area (Å²) in [5, 5.41) is 5.41. The van der Waals surface area contributed by atoms with Gasteiger partial charge in [-0.25, -0.2) is 8.78 Å². The number of halogens is 5. The first-order valence-electron chi connectivity index (χ1n) is 6.89. The quantitative estimate of drug-likeness (QED) is 0.840. The molecule has 0 spiro atoms. The lowest BCUT2D eigenvalue weighted by Gasteiger charge is -2.08. The Bertz CT molecular complexity index is 742. The predicted molar refractivity (Wildman–Crippen MR) is 71.4 cm³/mol. The maximum absolute atomic E-state index is 14.0. The maximum Gasteiger partial charge on any atom is 0.471 e. The molecule has 1 aromatic heterocycles. The van der Waals surface area contributed by atoms with Gasteiger partial charge < -0.3 is 9.84 Å². The third-order valence-electron chi connectivity index (χ3n) is 3.02. The van der Waals surface area contributed by atoms with Gasteiger partial charge in [-0.05, 0) is 12.5 Å². The first-order valence-corrected chi connectivity index (χ1v) is 6.89. The van der Waals surface area contributed by atoms with Gasteiger partial charge in [-0.1, -0.05) is 18.1 Å². The van der Waals surface area contributed by atoms with Gasteiger partial charge in [0.15, 0.2) is 11.6 Å². The van der Waals surface area contributed by atoms with Gasteiger partial charge in [-0.15, -0.1) is 0 Å². The topological polar surface area (TPSA) is 68.0 Å². The molecule has 0 aliphatic rings. The van der Waals surface area contributed by atoms with Crippen LogP contribution in [-0.4, -0.2) is 16.0 Å². The lowest BCUT2D eigenvalue weighted by Crippen LogP contribution is -2.23. The van der Waals surface area contributed by atoms with Gasteiger partial charge in [-0.2, -0.15) is 18.2 Å². The van der Waals surface area contributed by atoms with Crippen LogP contribution in [0.15, 0.2) is 16.7 Å². The molecule has 2 aromatic rings. The number of rotatable bonds is 5. The van der Waals surface area contributed by atoms with Crippen molar-refractivity contribution in [2.75, 3.05) is 0 Å². The molecule has 0 aliphatic heterocycles. The van der Waals surface area contributed by atoms with E-state index in [-0.39, 0.29) is 24.4 Å². The number of alkyl halides is 3. The van der Waals surface area contributed by atoms with Crippen molar-refractivity contribution in [3.8, 4) is 11.4 Å². The Hall–Kier alpha value is -2.52. The van der Waals surface area contributed by atoms with Gasteiger partial charge >= 0.3 is 12.1 Å². The molecule has 1 N–H and O–H groups in total. The lowest BCUT2D eigenvalue weighted by atomic mass is 10.1. The Morgan fingerprint density at radius 3 is 2.54 bits per heavy atom. The van der Waals surface area contributed by atoms with Crippen molar-refractivity contribution in [1.29, 1.82) is 0 Å². The zero-order valence-electron chi connectivity index (χ0n) is 12.4. The van der Waals surface area contributed by atoms with Crippen molar-refractivity contribution in [2.24, 2.45) is 0 Å². The van der Waals surface area contributed by atoms with E-state index in [4.69, 9.17) is 0 Å². The zero-order valence-corrected chi connectivity index (χ0v) is 12.4. The van der Waals surface area contributed by atoms with E-state index in [1.54, 1.807) is 6.92 Å². The highest BCUT2D eigenvalue weighted by molar-refractivity contribution is 5.75. The molecule has 1 amide bonds. The third-order valence-corrected chi connectivity index (χ3v) is 3.02. The molecule has 5 nitrogen and oxygen atoms in total. The molecule has 130 valence electrons. The van der Waals surface area contributed by atoms with Gasteiger partial charge in [0, 0.05) is 18.5 Å². The van der Waals surface area contributed by atoms with E-state index in [1.807, 2.05) is 0 Å². The Morgan fingerprint density at radius 2 is 1.96 bits per heavy atom. The standard InChI is InChI=1S/C14H12F5N3O2/c1-2-3-9(23)20-6-7-4-5-8(11(16)10(7)15)12-21-13(24-22-12)14(17,18)19/h4-5H,2-3,6H2,1H3,(H,20,23). The molecule has 0 unspecified atom stereocenters. The zero-order chi connectivity index (χ0) is 17.9. The van der Waals surface area contributed by atoms with Crippen LogP contribution in [-0.2, 0) is 17.5 Å². The van der Waals surface area contributed by atoms with Crippen LogP contribution in [0.2, 0.25) is 0 Å². The predicted octanol–water partition coefficient (Wildman–Crippen LogP) is 3.45. The van der Waals surface area contributed by atoms with E-state index in [0.29, 0.717) is 6.42 Å². The van der Waals surface area contributed by atoms with Crippen molar-refractivity contribution in [2.45, 2.75) is 32.5 Å². The normalized spacial score (nSPS) is 11.6. The van der Waals surface area contributed by atoms with E-state index < -0.39 is 35.1 Å². The molecule has 0 saturated heterocycles. The number of hydrogen-bond donors (Lipinski definition) is 1. The molecular weight excluding hydrogens is 337 g/mol. The van der Waals surface area contributed by atoms with Gasteiger partial charge in [0.1, 0.15) is 0 Å². The highest BCUT2D eigenvalue weighted by Crippen LogP contribution is 2.30. The molecule has 1 aromatic carbocycles. The van der Waals surface area contributed by atoms with Crippen molar-refractivity contribution < 1.29 is 31.3 Å². The summed E-state index contributed by atoms with van der Waals surface area (Å²) in [4.78, 5) is 14.3. The number of hydrogen-bond acceptors (Lipinski definition) is 4. The average molecular weight is 349 g/mol. The van der Waals surface area contributed by atoms with Crippen LogP contribution in [0.3, 0.4) is 0 Å². The summed E-state index contributed by atoms with van der Waals surface area (Å²) >= 11 is 0. The second-order valence-electron chi connectivity index (χ2n) is 4.85. The minimum atomic E-state index is -4.89. The molecule has 0 aliphatic carbocycles. The molecule has 0 fully saturated rings. The molecule has 0 saturated carbocycles. The van der Waals surface area contributed by atoms with Crippen LogP contribution >= 0.6 is 0 Å². The van der Waals surface area contributed by atoms with Crippen LogP contribution in [0, 0.1) is 11.6 Å². The number of aromatic nitrogens is 2. The minimum Gasteiger partial charge on any atom is -0.352 e. The SMILES string of the molecule is CCCC(=O)NCc1ccc(-c2noc(C(F)(F)F)n2)c(F)c1F. The van der Waals surface area contributed by atoms with Gasteiger partial charge in [0.05, 0.1) is 5.56 Å². The summed E-state index contributed by atoms with van der Waals surface area (Å²) in [6, 6.07) is 2.15. The van der Waals surface area contributed by atoms with Crippen LogP contribution in [0.5, 0.6) is 0 Å². The van der Waals surface area contributed by atoms with Crippen molar-refractivity contribution >= 4 is 5.91 Å².